The van der Waals surface area contributed by atoms with Crippen LogP contribution in [0.15, 0.2) is 18.7 Å². The number of imidazole rings is 1. The lowest BCUT2D eigenvalue weighted by atomic mass is 10.2. The first-order valence-corrected chi connectivity index (χ1v) is 6.46. The predicted octanol–water partition coefficient (Wildman–Crippen LogP) is 2.24. The minimum atomic E-state index is -0.797. The summed E-state index contributed by atoms with van der Waals surface area (Å²) in [6.45, 7) is 5.54. The van der Waals surface area contributed by atoms with E-state index in [1.54, 1.807) is 23.4 Å². The molecule has 2 heterocycles. The van der Waals surface area contributed by atoms with Crippen molar-refractivity contribution in [1.82, 2.24) is 19.3 Å². The lowest BCUT2D eigenvalue weighted by Gasteiger charge is -2.15. The van der Waals surface area contributed by atoms with Crippen LogP contribution in [0.25, 0.3) is 0 Å². The van der Waals surface area contributed by atoms with Gasteiger partial charge in [0.1, 0.15) is 6.10 Å². The Bertz CT molecular complexity index is 520. The van der Waals surface area contributed by atoms with Crippen LogP contribution in [0.1, 0.15) is 37.8 Å². The minimum Gasteiger partial charge on any atom is -0.380 e. The van der Waals surface area contributed by atoms with Gasteiger partial charge in [-0.3, -0.25) is 4.68 Å². The van der Waals surface area contributed by atoms with E-state index in [9.17, 15) is 5.11 Å². The first-order valence-electron chi connectivity index (χ1n) is 6.08. The second kappa shape index (κ2) is 5.54. The number of nitrogens with zero attached hydrogens (tertiary/aromatic N) is 4. The maximum atomic E-state index is 10.5. The first kappa shape index (κ1) is 13.1. The summed E-state index contributed by atoms with van der Waals surface area (Å²) in [6, 6.07) is 0. The van der Waals surface area contributed by atoms with Crippen LogP contribution in [-0.4, -0.2) is 24.4 Å². The smallest absolute Gasteiger partial charge is 0.139 e. The number of hydrogen-bond donors (Lipinski definition) is 1. The van der Waals surface area contributed by atoms with Crippen molar-refractivity contribution in [3.63, 3.8) is 0 Å². The molecule has 2 aromatic heterocycles. The second-order valence-corrected chi connectivity index (χ2v) is 4.52. The monoisotopic (exact) mass is 268 g/mol. The molecule has 0 bridgehead atoms. The number of aliphatic hydroxyl groups excluding tert-OH is 1. The SMILES string of the molecule is CCCn1cncc1C(O)c1c(Cl)cnn1CC. The van der Waals surface area contributed by atoms with E-state index in [1.807, 2.05) is 11.5 Å². The maximum absolute atomic E-state index is 10.5. The van der Waals surface area contributed by atoms with Crippen molar-refractivity contribution in [1.29, 1.82) is 0 Å². The number of halogens is 1. The molecule has 0 aromatic carbocycles. The molecule has 0 aliphatic rings. The van der Waals surface area contributed by atoms with Gasteiger partial charge in [0.15, 0.2) is 0 Å². The molecule has 2 rings (SSSR count). The fraction of sp³-hybridized carbons (Fsp3) is 0.500. The van der Waals surface area contributed by atoms with Gasteiger partial charge < -0.3 is 9.67 Å². The molecular formula is C12H17ClN4O. The van der Waals surface area contributed by atoms with Crippen molar-refractivity contribution in [3.8, 4) is 0 Å². The standard InChI is InChI=1S/C12H17ClN4O/c1-3-5-16-8-14-7-10(16)12(18)11-9(13)6-15-17(11)4-2/h6-8,12,18H,3-5H2,1-2H3. The highest BCUT2D eigenvalue weighted by Crippen LogP contribution is 2.28. The van der Waals surface area contributed by atoms with Crippen molar-refractivity contribution in [3.05, 3.63) is 35.1 Å². The molecule has 0 aliphatic heterocycles. The molecule has 2 aromatic rings. The maximum Gasteiger partial charge on any atom is 0.139 e. The highest BCUT2D eigenvalue weighted by molar-refractivity contribution is 6.31. The van der Waals surface area contributed by atoms with E-state index in [2.05, 4.69) is 17.0 Å². The van der Waals surface area contributed by atoms with Gasteiger partial charge in [-0.05, 0) is 13.3 Å². The zero-order valence-corrected chi connectivity index (χ0v) is 11.3. The van der Waals surface area contributed by atoms with Gasteiger partial charge in [0.25, 0.3) is 0 Å². The molecule has 18 heavy (non-hydrogen) atoms. The van der Waals surface area contributed by atoms with Crippen LogP contribution in [0.3, 0.4) is 0 Å². The molecule has 1 N–H and O–H groups in total. The van der Waals surface area contributed by atoms with Gasteiger partial charge in [0.05, 0.1) is 35.1 Å². The molecule has 0 spiro atoms. The van der Waals surface area contributed by atoms with E-state index < -0.39 is 6.10 Å². The van der Waals surface area contributed by atoms with Gasteiger partial charge >= 0.3 is 0 Å². The van der Waals surface area contributed by atoms with Crippen LogP contribution in [0.2, 0.25) is 5.02 Å². The molecule has 5 nitrogen and oxygen atoms in total. The van der Waals surface area contributed by atoms with Crippen LogP contribution in [-0.2, 0) is 13.1 Å². The summed E-state index contributed by atoms with van der Waals surface area (Å²) in [5, 5.41) is 15.1. The average Bonchev–Trinajstić information content (AvgIpc) is 2.95. The number of aryl methyl sites for hydroxylation is 2. The number of hydrogen-bond acceptors (Lipinski definition) is 3. The van der Waals surface area contributed by atoms with Crippen molar-refractivity contribution >= 4 is 11.6 Å². The van der Waals surface area contributed by atoms with Gasteiger partial charge in [-0.2, -0.15) is 5.10 Å². The van der Waals surface area contributed by atoms with Gasteiger partial charge in [-0.25, -0.2) is 4.98 Å². The van der Waals surface area contributed by atoms with E-state index in [-0.39, 0.29) is 0 Å². The average molecular weight is 269 g/mol. The van der Waals surface area contributed by atoms with E-state index in [4.69, 9.17) is 11.6 Å². The molecule has 1 atom stereocenters. The Morgan fingerprint density at radius 1 is 1.39 bits per heavy atom. The number of aromatic nitrogens is 4. The molecule has 0 fully saturated rings. The summed E-state index contributed by atoms with van der Waals surface area (Å²) in [4.78, 5) is 4.09. The van der Waals surface area contributed by atoms with Gasteiger partial charge in [-0.1, -0.05) is 18.5 Å². The van der Waals surface area contributed by atoms with Crippen molar-refractivity contribution < 1.29 is 5.11 Å². The van der Waals surface area contributed by atoms with E-state index in [1.165, 1.54) is 0 Å². The molecule has 1 unspecified atom stereocenters. The van der Waals surface area contributed by atoms with Crippen molar-refractivity contribution in [2.75, 3.05) is 0 Å². The zero-order chi connectivity index (χ0) is 13.1. The molecule has 0 saturated heterocycles. The summed E-state index contributed by atoms with van der Waals surface area (Å²) in [5.74, 6) is 0. The fourth-order valence-corrected chi connectivity index (χ4v) is 2.27. The lowest BCUT2D eigenvalue weighted by molar-refractivity contribution is 0.198. The highest BCUT2D eigenvalue weighted by atomic mass is 35.5. The van der Waals surface area contributed by atoms with Crippen molar-refractivity contribution in [2.24, 2.45) is 0 Å². The quantitative estimate of drug-likeness (QED) is 0.905. The van der Waals surface area contributed by atoms with E-state index in [0.29, 0.717) is 17.3 Å². The molecule has 98 valence electrons. The lowest BCUT2D eigenvalue weighted by Crippen LogP contribution is -2.13. The summed E-state index contributed by atoms with van der Waals surface area (Å²) in [6.07, 6.45) is 5.14. The van der Waals surface area contributed by atoms with E-state index >= 15 is 0 Å². The summed E-state index contributed by atoms with van der Waals surface area (Å²) in [5.41, 5.74) is 1.37. The topological polar surface area (TPSA) is 55.9 Å². The first-order chi connectivity index (χ1) is 8.69. The Labute approximate surface area is 111 Å². The third-order valence-corrected chi connectivity index (χ3v) is 3.17. The Morgan fingerprint density at radius 2 is 2.17 bits per heavy atom. The highest BCUT2D eigenvalue weighted by Gasteiger charge is 2.22. The zero-order valence-electron chi connectivity index (χ0n) is 10.5. The fourth-order valence-electron chi connectivity index (χ4n) is 2.02. The van der Waals surface area contributed by atoms with Crippen molar-refractivity contribution in [2.45, 2.75) is 39.5 Å². The normalized spacial score (nSPS) is 12.9. The summed E-state index contributed by atoms with van der Waals surface area (Å²) < 4.78 is 3.64. The van der Waals surface area contributed by atoms with Crippen LogP contribution < -0.4 is 0 Å². The Kier molecular flexibility index (Phi) is 4.04. The van der Waals surface area contributed by atoms with Gasteiger partial charge in [0, 0.05) is 13.1 Å². The molecule has 0 amide bonds. The predicted molar refractivity (Wildman–Crippen MR) is 69.5 cm³/mol. The third kappa shape index (κ3) is 2.28. The second-order valence-electron chi connectivity index (χ2n) is 4.11. The minimum absolute atomic E-state index is 0.480. The molecular weight excluding hydrogens is 252 g/mol. The van der Waals surface area contributed by atoms with Crippen LogP contribution in [0.4, 0.5) is 0 Å². The Morgan fingerprint density at radius 3 is 2.83 bits per heavy atom. The number of rotatable bonds is 5. The largest absolute Gasteiger partial charge is 0.380 e. The molecule has 0 saturated carbocycles. The molecule has 0 radical (unpaired) electrons. The van der Waals surface area contributed by atoms with Crippen LogP contribution >= 0.6 is 11.6 Å². The summed E-state index contributed by atoms with van der Waals surface area (Å²) in [7, 11) is 0. The summed E-state index contributed by atoms with van der Waals surface area (Å²) >= 11 is 6.09. The van der Waals surface area contributed by atoms with E-state index in [0.717, 1.165) is 18.7 Å². The Balaban J connectivity index is 2.38. The van der Waals surface area contributed by atoms with Gasteiger partial charge in [-0.15, -0.1) is 0 Å². The van der Waals surface area contributed by atoms with Crippen LogP contribution in [0.5, 0.6) is 0 Å². The van der Waals surface area contributed by atoms with Crippen LogP contribution in [0, 0.1) is 0 Å². The molecule has 0 aliphatic carbocycles. The Hall–Kier alpha value is -1.33. The number of aliphatic hydroxyl groups is 1. The molecule has 6 heteroatoms. The third-order valence-electron chi connectivity index (χ3n) is 2.88. The van der Waals surface area contributed by atoms with Gasteiger partial charge in [0.2, 0.25) is 0 Å².